The Kier molecular flexibility index (Phi) is 5.78. The molecule has 0 radical (unpaired) electrons. The molecule has 1 atom stereocenters. The van der Waals surface area contributed by atoms with Crippen LogP contribution in [0.15, 0.2) is 48.7 Å². The van der Waals surface area contributed by atoms with E-state index in [1.807, 2.05) is 30.3 Å². The number of rotatable bonds is 6. The van der Waals surface area contributed by atoms with Crippen LogP contribution in [0.1, 0.15) is 31.1 Å². The zero-order valence-corrected chi connectivity index (χ0v) is 14.9. The number of benzene rings is 1. The van der Waals surface area contributed by atoms with Crippen molar-refractivity contribution in [2.24, 2.45) is 0 Å². The van der Waals surface area contributed by atoms with Crippen molar-refractivity contribution >= 4 is 0 Å². The highest BCUT2D eigenvalue weighted by atomic mass is 19.1. The van der Waals surface area contributed by atoms with Crippen LogP contribution in [0.25, 0.3) is 0 Å². The molecule has 25 heavy (non-hydrogen) atoms. The first-order valence-electron chi connectivity index (χ1n) is 8.79. The largest absolute Gasteiger partial charge is 0.379 e. The van der Waals surface area contributed by atoms with Crippen LogP contribution in [0, 0.1) is 5.82 Å². The van der Waals surface area contributed by atoms with E-state index < -0.39 is 0 Å². The van der Waals surface area contributed by atoms with Gasteiger partial charge in [-0.2, -0.15) is 0 Å². The van der Waals surface area contributed by atoms with Crippen LogP contribution in [0.4, 0.5) is 4.39 Å². The Bertz CT molecular complexity index is 654. The summed E-state index contributed by atoms with van der Waals surface area (Å²) >= 11 is 0. The van der Waals surface area contributed by atoms with Crippen LogP contribution in [-0.2, 0) is 4.74 Å². The molecule has 1 aliphatic rings. The third-order valence-corrected chi connectivity index (χ3v) is 4.79. The Hall–Kier alpha value is -1.82. The summed E-state index contributed by atoms with van der Waals surface area (Å²) in [6.07, 6.45) is 1.79. The molecule has 4 nitrogen and oxygen atoms in total. The van der Waals surface area contributed by atoms with Gasteiger partial charge in [-0.1, -0.05) is 18.2 Å². The van der Waals surface area contributed by atoms with E-state index in [1.165, 1.54) is 12.1 Å². The Morgan fingerprint density at radius 2 is 1.88 bits per heavy atom. The molecule has 2 aromatic rings. The van der Waals surface area contributed by atoms with Crippen LogP contribution in [-0.4, -0.2) is 48.3 Å². The van der Waals surface area contributed by atoms with Gasteiger partial charge in [-0.25, -0.2) is 4.39 Å². The van der Waals surface area contributed by atoms with Gasteiger partial charge < -0.3 is 10.1 Å². The fraction of sp³-hybridized carbons (Fsp3) is 0.450. The standard InChI is InChI=1S/C20H26FN3O/c1-20(2,24-11-13-25-14-12-24)15-23-19(18-5-3-4-10-22-18)16-6-8-17(21)9-7-16/h3-10,19,23H,11-15H2,1-2H3. The van der Waals surface area contributed by atoms with E-state index in [-0.39, 0.29) is 17.4 Å². The van der Waals surface area contributed by atoms with Crippen LogP contribution in [0.5, 0.6) is 0 Å². The average Bonchev–Trinajstić information content (AvgIpc) is 2.65. The summed E-state index contributed by atoms with van der Waals surface area (Å²) in [5.41, 5.74) is 1.95. The van der Waals surface area contributed by atoms with Crippen molar-refractivity contribution in [3.05, 3.63) is 65.7 Å². The van der Waals surface area contributed by atoms with Gasteiger partial charge in [0.1, 0.15) is 5.82 Å². The first-order chi connectivity index (χ1) is 12.1. The summed E-state index contributed by atoms with van der Waals surface area (Å²) in [5.74, 6) is -0.225. The molecular formula is C20H26FN3O. The molecule has 0 bridgehead atoms. The Balaban J connectivity index is 1.77. The molecule has 0 spiro atoms. The van der Waals surface area contributed by atoms with Gasteiger partial charge in [-0.05, 0) is 43.7 Å². The summed E-state index contributed by atoms with van der Waals surface area (Å²) in [7, 11) is 0. The summed E-state index contributed by atoms with van der Waals surface area (Å²) in [6.45, 7) is 8.73. The first-order valence-corrected chi connectivity index (χ1v) is 8.79. The summed E-state index contributed by atoms with van der Waals surface area (Å²) in [6, 6.07) is 12.5. The number of hydrogen-bond acceptors (Lipinski definition) is 4. The van der Waals surface area contributed by atoms with Gasteiger partial charge in [0.05, 0.1) is 24.9 Å². The number of aromatic nitrogens is 1. The molecule has 0 aliphatic carbocycles. The van der Waals surface area contributed by atoms with E-state index in [9.17, 15) is 4.39 Å². The van der Waals surface area contributed by atoms with E-state index >= 15 is 0 Å². The van der Waals surface area contributed by atoms with Crippen molar-refractivity contribution in [2.45, 2.75) is 25.4 Å². The maximum absolute atomic E-state index is 13.3. The van der Waals surface area contributed by atoms with Crippen molar-refractivity contribution in [3.8, 4) is 0 Å². The molecule has 1 aromatic carbocycles. The minimum absolute atomic E-state index is 0.00313. The minimum atomic E-state index is -0.225. The minimum Gasteiger partial charge on any atom is -0.379 e. The monoisotopic (exact) mass is 343 g/mol. The number of ether oxygens (including phenoxy) is 1. The van der Waals surface area contributed by atoms with Crippen LogP contribution >= 0.6 is 0 Å². The number of morpholine rings is 1. The Labute approximate surface area is 149 Å². The molecular weight excluding hydrogens is 317 g/mol. The fourth-order valence-corrected chi connectivity index (χ4v) is 3.23. The van der Waals surface area contributed by atoms with Gasteiger partial charge >= 0.3 is 0 Å². The van der Waals surface area contributed by atoms with Crippen molar-refractivity contribution in [3.63, 3.8) is 0 Å². The Morgan fingerprint density at radius 1 is 1.16 bits per heavy atom. The summed E-state index contributed by atoms with van der Waals surface area (Å²) in [4.78, 5) is 6.95. The molecule has 1 saturated heterocycles. The van der Waals surface area contributed by atoms with Crippen LogP contribution in [0.2, 0.25) is 0 Å². The van der Waals surface area contributed by atoms with Gasteiger partial charge in [0.25, 0.3) is 0 Å². The zero-order chi connectivity index (χ0) is 17.7. The molecule has 5 heteroatoms. The van der Waals surface area contributed by atoms with Gasteiger partial charge in [0.2, 0.25) is 0 Å². The molecule has 1 unspecified atom stereocenters. The second-order valence-electron chi connectivity index (χ2n) is 7.03. The lowest BCUT2D eigenvalue weighted by Gasteiger charge is -2.41. The lowest BCUT2D eigenvalue weighted by Crippen LogP contribution is -2.55. The third-order valence-electron chi connectivity index (χ3n) is 4.79. The van der Waals surface area contributed by atoms with E-state index in [4.69, 9.17) is 4.74 Å². The van der Waals surface area contributed by atoms with Crippen molar-refractivity contribution in [2.75, 3.05) is 32.8 Å². The smallest absolute Gasteiger partial charge is 0.123 e. The second-order valence-corrected chi connectivity index (χ2v) is 7.03. The van der Waals surface area contributed by atoms with Crippen LogP contribution in [0.3, 0.4) is 0 Å². The molecule has 0 amide bonds. The van der Waals surface area contributed by atoms with E-state index in [0.29, 0.717) is 0 Å². The molecule has 134 valence electrons. The van der Waals surface area contributed by atoms with Crippen LogP contribution < -0.4 is 5.32 Å². The number of pyridine rings is 1. The van der Waals surface area contributed by atoms with E-state index in [2.05, 4.69) is 29.0 Å². The fourth-order valence-electron chi connectivity index (χ4n) is 3.23. The predicted molar refractivity (Wildman–Crippen MR) is 97.0 cm³/mol. The molecule has 1 aliphatic heterocycles. The van der Waals surface area contributed by atoms with E-state index in [0.717, 1.165) is 44.1 Å². The summed E-state index contributed by atoms with van der Waals surface area (Å²) in [5, 5.41) is 3.64. The molecule has 3 rings (SSSR count). The maximum atomic E-state index is 13.3. The number of nitrogens with one attached hydrogen (secondary N) is 1. The molecule has 1 fully saturated rings. The molecule has 2 heterocycles. The number of nitrogens with zero attached hydrogens (tertiary/aromatic N) is 2. The zero-order valence-electron chi connectivity index (χ0n) is 14.9. The Morgan fingerprint density at radius 3 is 2.52 bits per heavy atom. The third kappa shape index (κ3) is 4.63. The highest BCUT2D eigenvalue weighted by Gasteiger charge is 2.29. The van der Waals surface area contributed by atoms with Crippen molar-refractivity contribution in [1.82, 2.24) is 15.2 Å². The SMILES string of the molecule is CC(C)(CNC(c1ccc(F)cc1)c1ccccn1)N1CCOCC1. The van der Waals surface area contributed by atoms with Crippen molar-refractivity contribution in [1.29, 1.82) is 0 Å². The van der Waals surface area contributed by atoms with Gasteiger partial charge in [0, 0.05) is 31.4 Å². The lowest BCUT2D eigenvalue weighted by atomic mass is 9.98. The quantitative estimate of drug-likeness (QED) is 0.875. The normalized spacial score (nSPS) is 17.4. The lowest BCUT2D eigenvalue weighted by molar-refractivity contribution is -0.0101. The number of hydrogen-bond donors (Lipinski definition) is 1. The topological polar surface area (TPSA) is 37.4 Å². The summed E-state index contributed by atoms with van der Waals surface area (Å²) < 4.78 is 18.8. The average molecular weight is 343 g/mol. The predicted octanol–water partition coefficient (Wildman–Crippen LogP) is 3.01. The van der Waals surface area contributed by atoms with Gasteiger partial charge in [0.15, 0.2) is 0 Å². The maximum Gasteiger partial charge on any atom is 0.123 e. The van der Waals surface area contributed by atoms with Gasteiger partial charge in [-0.3, -0.25) is 9.88 Å². The molecule has 0 saturated carbocycles. The first kappa shape index (κ1) is 18.0. The highest BCUT2D eigenvalue weighted by molar-refractivity contribution is 5.28. The highest BCUT2D eigenvalue weighted by Crippen LogP contribution is 2.23. The van der Waals surface area contributed by atoms with E-state index in [1.54, 1.807) is 6.20 Å². The number of halogens is 1. The molecule has 1 aromatic heterocycles. The molecule has 1 N–H and O–H groups in total. The van der Waals surface area contributed by atoms with Gasteiger partial charge in [-0.15, -0.1) is 0 Å². The van der Waals surface area contributed by atoms with Crippen molar-refractivity contribution < 1.29 is 9.13 Å². The second kappa shape index (κ2) is 8.04.